The van der Waals surface area contributed by atoms with Crippen LogP contribution in [0.2, 0.25) is 0 Å². The Labute approximate surface area is 146 Å². The van der Waals surface area contributed by atoms with E-state index < -0.39 is 11.7 Å². The number of anilines is 1. The van der Waals surface area contributed by atoms with Gasteiger partial charge in [0, 0.05) is 0 Å². The molecule has 2 aromatic rings. The summed E-state index contributed by atoms with van der Waals surface area (Å²) in [5.74, 6) is -0.516. The largest absolute Gasteiger partial charge is 0.496 e. The number of hydrogen-bond donors (Lipinski definition) is 1. The van der Waals surface area contributed by atoms with Gasteiger partial charge in [0.05, 0.1) is 16.4 Å². The Kier molecular flexibility index (Phi) is 5.71. The molecule has 0 heterocycles. The maximum atomic E-state index is 13.5. The first-order chi connectivity index (χ1) is 11.0. The smallest absolute Gasteiger partial charge is 0.266 e. The molecule has 0 spiro atoms. The summed E-state index contributed by atoms with van der Waals surface area (Å²) in [5.41, 5.74) is 0.590. The van der Waals surface area contributed by atoms with E-state index in [-0.39, 0.29) is 11.3 Å². The number of carbonyl (C=O) groups is 1. The van der Waals surface area contributed by atoms with Crippen LogP contribution in [0.1, 0.15) is 5.56 Å². The van der Waals surface area contributed by atoms with E-state index in [9.17, 15) is 14.4 Å². The lowest BCUT2D eigenvalue weighted by Gasteiger charge is -2.06. The van der Waals surface area contributed by atoms with Crippen LogP contribution in [0.15, 0.2) is 48.0 Å². The lowest BCUT2D eigenvalue weighted by Crippen LogP contribution is -2.14. The number of rotatable bonds is 4. The SMILES string of the molecule is COc1ccc(/C=C(/C#N)C(=O)Nc2ccccc2F)cc1I. The molecule has 0 aliphatic heterocycles. The molecule has 0 saturated carbocycles. The van der Waals surface area contributed by atoms with Crippen molar-refractivity contribution in [2.75, 3.05) is 12.4 Å². The highest BCUT2D eigenvalue weighted by Crippen LogP contribution is 2.23. The van der Waals surface area contributed by atoms with Crippen molar-refractivity contribution in [1.29, 1.82) is 5.26 Å². The van der Waals surface area contributed by atoms with Crippen LogP contribution in [-0.4, -0.2) is 13.0 Å². The van der Waals surface area contributed by atoms with Crippen molar-refractivity contribution in [3.8, 4) is 11.8 Å². The minimum absolute atomic E-state index is 0.0305. The summed E-state index contributed by atoms with van der Waals surface area (Å²) in [5, 5.41) is 11.6. The fourth-order valence-corrected chi connectivity index (χ4v) is 2.60. The molecule has 116 valence electrons. The lowest BCUT2D eigenvalue weighted by atomic mass is 10.1. The van der Waals surface area contributed by atoms with E-state index in [2.05, 4.69) is 27.9 Å². The predicted octanol–water partition coefficient (Wildman–Crippen LogP) is 3.98. The van der Waals surface area contributed by atoms with Crippen molar-refractivity contribution < 1.29 is 13.9 Å². The van der Waals surface area contributed by atoms with E-state index in [0.717, 1.165) is 3.57 Å². The maximum absolute atomic E-state index is 13.5. The van der Waals surface area contributed by atoms with E-state index >= 15 is 0 Å². The fourth-order valence-electron chi connectivity index (χ4n) is 1.84. The molecule has 2 aromatic carbocycles. The van der Waals surface area contributed by atoms with Crippen molar-refractivity contribution in [2.45, 2.75) is 0 Å². The van der Waals surface area contributed by atoms with Crippen molar-refractivity contribution >= 4 is 40.3 Å². The number of hydrogen-bond acceptors (Lipinski definition) is 3. The van der Waals surface area contributed by atoms with E-state index in [1.54, 1.807) is 31.4 Å². The Hall–Kier alpha value is -2.40. The molecule has 0 aliphatic carbocycles. The van der Waals surface area contributed by atoms with Crippen molar-refractivity contribution in [1.82, 2.24) is 0 Å². The van der Waals surface area contributed by atoms with Crippen LogP contribution in [-0.2, 0) is 4.79 Å². The normalized spacial score (nSPS) is 10.8. The summed E-state index contributed by atoms with van der Waals surface area (Å²) in [4.78, 5) is 12.1. The number of amides is 1. The molecule has 0 saturated heterocycles. The first-order valence-corrected chi connectivity index (χ1v) is 7.64. The number of nitrogens with zero attached hydrogens (tertiary/aromatic N) is 1. The first kappa shape index (κ1) is 17.0. The predicted molar refractivity (Wildman–Crippen MR) is 94.3 cm³/mol. The number of para-hydroxylation sites is 1. The summed E-state index contributed by atoms with van der Waals surface area (Å²) >= 11 is 2.10. The monoisotopic (exact) mass is 422 g/mol. The zero-order chi connectivity index (χ0) is 16.8. The lowest BCUT2D eigenvalue weighted by molar-refractivity contribution is -0.112. The van der Waals surface area contributed by atoms with Gasteiger partial charge < -0.3 is 10.1 Å². The van der Waals surface area contributed by atoms with Gasteiger partial charge in [-0.15, -0.1) is 0 Å². The summed E-state index contributed by atoms with van der Waals surface area (Å²) in [6.45, 7) is 0. The molecule has 0 unspecified atom stereocenters. The number of methoxy groups -OCH3 is 1. The van der Waals surface area contributed by atoms with Crippen LogP contribution in [0.25, 0.3) is 6.08 Å². The molecule has 1 amide bonds. The quantitative estimate of drug-likeness (QED) is 0.461. The Balaban J connectivity index is 2.25. The van der Waals surface area contributed by atoms with Crippen LogP contribution >= 0.6 is 22.6 Å². The second-order valence-electron chi connectivity index (χ2n) is 4.50. The molecule has 0 fully saturated rings. The Bertz CT molecular complexity index is 812. The number of carbonyl (C=O) groups excluding carboxylic acids is 1. The zero-order valence-corrected chi connectivity index (χ0v) is 14.3. The molecule has 4 nitrogen and oxygen atoms in total. The highest BCUT2D eigenvalue weighted by atomic mass is 127. The van der Waals surface area contributed by atoms with Crippen LogP contribution in [0.3, 0.4) is 0 Å². The van der Waals surface area contributed by atoms with Gasteiger partial charge in [-0.05, 0) is 58.5 Å². The average molecular weight is 422 g/mol. The van der Waals surface area contributed by atoms with Gasteiger partial charge in [-0.2, -0.15) is 5.26 Å². The van der Waals surface area contributed by atoms with E-state index in [1.165, 1.54) is 24.3 Å². The molecular weight excluding hydrogens is 410 g/mol. The summed E-state index contributed by atoms with van der Waals surface area (Å²) in [6.07, 6.45) is 1.44. The van der Waals surface area contributed by atoms with Crippen LogP contribution in [0, 0.1) is 20.7 Å². The van der Waals surface area contributed by atoms with Gasteiger partial charge >= 0.3 is 0 Å². The highest BCUT2D eigenvalue weighted by molar-refractivity contribution is 14.1. The third-order valence-electron chi connectivity index (χ3n) is 2.97. The molecule has 0 bridgehead atoms. The third-order valence-corrected chi connectivity index (χ3v) is 3.82. The maximum Gasteiger partial charge on any atom is 0.266 e. The Morgan fingerprint density at radius 2 is 2.09 bits per heavy atom. The average Bonchev–Trinajstić information content (AvgIpc) is 2.54. The van der Waals surface area contributed by atoms with Gasteiger partial charge in [-0.1, -0.05) is 18.2 Å². The van der Waals surface area contributed by atoms with Gasteiger partial charge in [0.25, 0.3) is 5.91 Å². The van der Waals surface area contributed by atoms with E-state index in [0.29, 0.717) is 11.3 Å². The summed E-state index contributed by atoms with van der Waals surface area (Å²) in [7, 11) is 1.57. The second-order valence-corrected chi connectivity index (χ2v) is 5.66. The number of ether oxygens (including phenoxy) is 1. The summed E-state index contributed by atoms with van der Waals surface area (Å²) < 4.78 is 19.6. The number of benzene rings is 2. The molecular formula is C17H12FIN2O2. The van der Waals surface area contributed by atoms with Gasteiger partial charge in [0.2, 0.25) is 0 Å². The standard InChI is InChI=1S/C17H12FIN2O2/c1-23-16-7-6-11(9-14(16)19)8-12(10-20)17(22)21-15-5-3-2-4-13(15)18/h2-9H,1H3,(H,21,22)/b12-8-. The van der Waals surface area contributed by atoms with Crippen LogP contribution in [0.4, 0.5) is 10.1 Å². The summed E-state index contributed by atoms with van der Waals surface area (Å²) in [6, 6.07) is 12.9. The molecule has 0 aliphatic rings. The molecule has 23 heavy (non-hydrogen) atoms. The second kappa shape index (κ2) is 7.74. The molecule has 2 rings (SSSR count). The molecule has 0 aromatic heterocycles. The topological polar surface area (TPSA) is 62.1 Å². The Morgan fingerprint density at radius 1 is 1.35 bits per heavy atom. The molecule has 6 heteroatoms. The molecule has 1 N–H and O–H groups in total. The minimum Gasteiger partial charge on any atom is -0.496 e. The van der Waals surface area contributed by atoms with Gasteiger partial charge in [0.1, 0.15) is 23.2 Å². The van der Waals surface area contributed by atoms with Crippen molar-refractivity contribution in [3.05, 3.63) is 63.0 Å². The number of halogens is 2. The first-order valence-electron chi connectivity index (χ1n) is 6.56. The van der Waals surface area contributed by atoms with Crippen LogP contribution in [0.5, 0.6) is 5.75 Å². The van der Waals surface area contributed by atoms with Crippen molar-refractivity contribution in [3.63, 3.8) is 0 Å². The molecule has 0 atom stereocenters. The van der Waals surface area contributed by atoms with Gasteiger partial charge in [0.15, 0.2) is 0 Å². The van der Waals surface area contributed by atoms with E-state index in [1.807, 2.05) is 6.07 Å². The highest BCUT2D eigenvalue weighted by Gasteiger charge is 2.12. The van der Waals surface area contributed by atoms with Crippen molar-refractivity contribution in [2.24, 2.45) is 0 Å². The van der Waals surface area contributed by atoms with Crippen LogP contribution < -0.4 is 10.1 Å². The molecule has 0 radical (unpaired) electrons. The zero-order valence-electron chi connectivity index (χ0n) is 12.1. The third kappa shape index (κ3) is 4.29. The fraction of sp³-hybridized carbons (Fsp3) is 0.0588. The minimum atomic E-state index is -0.663. The van der Waals surface area contributed by atoms with Gasteiger partial charge in [-0.3, -0.25) is 4.79 Å². The number of nitriles is 1. The van der Waals surface area contributed by atoms with Gasteiger partial charge in [-0.25, -0.2) is 4.39 Å². The van der Waals surface area contributed by atoms with E-state index in [4.69, 9.17) is 4.74 Å². The Morgan fingerprint density at radius 3 is 2.70 bits per heavy atom. The number of nitrogens with one attached hydrogen (secondary N) is 1.